The first-order valence-electron chi connectivity index (χ1n) is 2.73. The molecule has 4 nitrogen and oxygen atoms in total. The fourth-order valence-electron chi connectivity index (χ4n) is 0.813. The summed E-state index contributed by atoms with van der Waals surface area (Å²) in [5.41, 5.74) is 7.96. The summed E-state index contributed by atoms with van der Waals surface area (Å²) < 4.78 is 0. The molecule has 0 aliphatic heterocycles. The maximum atomic E-state index is 8.86. The molecule has 0 aromatic carbocycles. The number of hydrogen-bond acceptors (Lipinski definition) is 2. The Kier molecular flexibility index (Phi) is 1.72. The fourth-order valence-corrected chi connectivity index (χ4v) is 0.813. The molecule has 9 heavy (non-hydrogen) atoms. The van der Waals surface area contributed by atoms with Crippen LogP contribution in [-0.4, -0.2) is 17.3 Å². The molecule has 0 heterocycles. The second kappa shape index (κ2) is 2.53. The molecule has 1 unspecified atom stereocenters. The normalized spacial score (nSPS) is 32.1. The van der Waals surface area contributed by atoms with Gasteiger partial charge < -0.3 is 5.11 Å². The monoisotopic (exact) mass is 125 g/mol. The summed E-state index contributed by atoms with van der Waals surface area (Å²) in [7, 11) is 0. The van der Waals surface area contributed by atoms with Crippen LogP contribution in [0, 0.1) is 0 Å². The highest BCUT2D eigenvalue weighted by atomic mass is 16.3. The number of hydrogen-bond donors (Lipinski definition) is 1. The van der Waals surface area contributed by atoms with Crippen LogP contribution >= 0.6 is 0 Å². The Bertz CT molecular complexity index is 171. The molecule has 0 aromatic rings. The predicted octanol–water partition coefficient (Wildman–Crippen LogP) is 0.986. The van der Waals surface area contributed by atoms with E-state index < -0.39 is 6.10 Å². The zero-order valence-electron chi connectivity index (χ0n) is 4.81. The molecule has 0 amide bonds. The van der Waals surface area contributed by atoms with Crippen LogP contribution in [0.4, 0.5) is 0 Å². The van der Waals surface area contributed by atoms with Gasteiger partial charge in [-0.25, -0.2) is 0 Å². The van der Waals surface area contributed by atoms with E-state index in [-0.39, 0.29) is 6.04 Å². The molecule has 0 spiro atoms. The van der Waals surface area contributed by atoms with Crippen LogP contribution in [0.1, 0.15) is 6.42 Å². The van der Waals surface area contributed by atoms with Crippen molar-refractivity contribution in [2.75, 3.05) is 0 Å². The predicted molar refractivity (Wildman–Crippen MR) is 32.7 cm³/mol. The van der Waals surface area contributed by atoms with E-state index in [4.69, 9.17) is 10.6 Å². The van der Waals surface area contributed by atoms with Crippen molar-refractivity contribution in [3.05, 3.63) is 22.6 Å². The second-order valence-electron chi connectivity index (χ2n) is 1.96. The molecular formula is C5H7N3O. The lowest BCUT2D eigenvalue weighted by molar-refractivity contribution is 0.218. The van der Waals surface area contributed by atoms with Crippen LogP contribution in [0.15, 0.2) is 17.3 Å². The highest BCUT2D eigenvalue weighted by molar-refractivity contribution is 5.06. The first-order chi connectivity index (χ1) is 4.33. The summed E-state index contributed by atoms with van der Waals surface area (Å²) >= 11 is 0. The van der Waals surface area contributed by atoms with E-state index in [2.05, 4.69) is 10.0 Å². The van der Waals surface area contributed by atoms with E-state index in [0.717, 1.165) is 0 Å². The highest BCUT2D eigenvalue weighted by Gasteiger charge is 2.13. The number of nitrogens with zero attached hydrogens (tertiary/aromatic N) is 3. The molecule has 1 aliphatic rings. The summed E-state index contributed by atoms with van der Waals surface area (Å²) in [5.74, 6) is 0. The van der Waals surface area contributed by atoms with Gasteiger partial charge in [0.1, 0.15) is 0 Å². The molecule has 2 atom stereocenters. The molecule has 4 heteroatoms. The van der Waals surface area contributed by atoms with Crippen molar-refractivity contribution in [2.45, 2.75) is 18.6 Å². The summed E-state index contributed by atoms with van der Waals surface area (Å²) in [6.45, 7) is 0. The Morgan fingerprint density at radius 2 is 2.44 bits per heavy atom. The molecule has 0 aromatic heterocycles. The van der Waals surface area contributed by atoms with Gasteiger partial charge in [-0.3, -0.25) is 0 Å². The van der Waals surface area contributed by atoms with Gasteiger partial charge >= 0.3 is 0 Å². The van der Waals surface area contributed by atoms with Gasteiger partial charge in [0, 0.05) is 4.91 Å². The van der Waals surface area contributed by atoms with Gasteiger partial charge in [-0.05, 0) is 12.0 Å². The Hall–Kier alpha value is -0.990. The van der Waals surface area contributed by atoms with Crippen LogP contribution in [0.25, 0.3) is 10.4 Å². The van der Waals surface area contributed by atoms with Crippen LogP contribution in [0.5, 0.6) is 0 Å². The lowest BCUT2D eigenvalue weighted by Gasteiger charge is -1.97. The third kappa shape index (κ3) is 1.45. The number of aliphatic hydroxyl groups excluding tert-OH is 1. The molecule has 1 N–H and O–H groups in total. The zero-order valence-corrected chi connectivity index (χ0v) is 4.81. The van der Waals surface area contributed by atoms with E-state index in [9.17, 15) is 0 Å². The van der Waals surface area contributed by atoms with Gasteiger partial charge in [0.2, 0.25) is 0 Å². The zero-order chi connectivity index (χ0) is 6.69. The molecule has 1 aliphatic carbocycles. The molecular weight excluding hydrogens is 118 g/mol. The SMILES string of the molecule is [N-]=[N+]=NC1C=C[C@@H](O)C1. The van der Waals surface area contributed by atoms with Gasteiger partial charge in [0.25, 0.3) is 0 Å². The van der Waals surface area contributed by atoms with Gasteiger partial charge in [-0.2, -0.15) is 0 Å². The van der Waals surface area contributed by atoms with E-state index in [1.165, 1.54) is 0 Å². The van der Waals surface area contributed by atoms with Gasteiger partial charge in [0.15, 0.2) is 0 Å². The minimum Gasteiger partial charge on any atom is -0.389 e. The van der Waals surface area contributed by atoms with E-state index >= 15 is 0 Å². The van der Waals surface area contributed by atoms with Gasteiger partial charge in [-0.15, -0.1) is 0 Å². The fraction of sp³-hybridized carbons (Fsp3) is 0.600. The first-order valence-corrected chi connectivity index (χ1v) is 2.73. The summed E-state index contributed by atoms with van der Waals surface area (Å²) in [5, 5.41) is 12.3. The molecule has 0 saturated carbocycles. The van der Waals surface area contributed by atoms with Gasteiger partial charge in [-0.1, -0.05) is 17.3 Å². The maximum absolute atomic E-state index is 8.86. The van der Waals surface area contributed by atoms with Crippen molar-refractivity contribution in [3.63, 3.8) is 0 Å². The molecule has 0 radical (unpaired) electrons. The lowest BCUT2D eigenvalue weighted by atomic mass is 10.2. The molecule has 48 valence electrons. The quantitative estimate of drug-likeness (QED) is 0.241. The van der Waals surface area contributed by atoms with Crippen molar-refractivity contribution in [1.29, 1.82) is 0 Å². The Morgan fingerprint density at radius 3 is 2.89 bits per heavy atom. The smallest absolute Gasteiger partial charge is 0.0727 e. The average molecular weight is 125 g/mol. The van der Waals surface area contributed by atoms with Crippen LogP contribution in [0.3, 0.4) is 0 Å². The van der Waals surface area contributed by atoms with Crippen molar-refractivity contribution in [3.8, 4) is 0 Å². The van der Waals surface area contributed by atoms with Crippen LogP contribution < -0.4 is 0 Å². The number of aliphatic hydroxyl groups is 1. The largest absolute Gasteiger partial charge is 0.389 e. The van der Waals surface area contributed by atoms with Crippen LogP contribution in [0.2, 0.25) is 0 Å². The third-order valence-corrected chi connectivity index (χ3v) is 1.24. The van der Waals surface area contributed by atoms with E-state index in [1.807, 2.05) is 0 Å². The van der Waals surface area contributed by atoms with Crippen molar-refractivity contribution < 1.29 is 5.11 Å². The summed E-state index contributed by atoms with van der Waals surface area (Å²) in [6.07, 6.45) is 3.47. The standard InChI is InChI=1S/C5H7N3O/c6-8-7-4-1-2-5(9)3-4/h1-2,4-5,9H,3H2/t4?,5-/m1/s1. The summed E-state index contributed by atoms with van der Waals surface area (Å²) in [4.78, 5) is 2.61. The minimum absolute atomic E-state index is 0.134. The third-order valence-electron chi connectivity index (χ3n) is 1.24. The summed E-state index contributed by atoms with van der Waals surface area (Å²) in [6, 6.07) is -0.134. The topological polar surface area (TPSA) is 69.0 Å². The number of rotatable bonds is 1. The van der Waals surface area contributed by atoms with Crippen molar-refractivity contribution >= 4 is 0 Å². The molecule has 0 bridgehead atoms. The van der Waals surface area contributed by atoms with Crippen LogP contribution in [-0.2, 0) is 0 Å². The molecule has 1 rings (SSSR count). The van der Waals surface area contributed by atoms with E-state index in [1.54, 1.807) is 12.2 Å². The Morgan fingerprint density at radius 1 is 1.67 bits per heavy atom. The minimum atomic E-state index is -0.416. The van der Waals surface area contributed by atoms with E-state index in [0.29, 0.717) is 6.42 Å². The maximum Gasteiger partial charge on any atom is 0.0727 e. The number of azide groups is 1. The van der Waals surface area contributed by atoms with Crippen molar-refractivity contribution in [1.82, 2.24) is 0 Å². The van der Waals surface area contributed by atoms with Crippen molar-refractivity contribution in [2.24, 2.45) is 5.11 Å². The Labute approximate surface area is 52.4 Å². The Balaban J connectivity index is 2.50. The molecule has 0 saturated heterocycles. The molecule has 0 fully saturated rings. The first kappa shape index (κ1) is 6.13. The van der Waals surface area contributed by atoms with Gasteiger partial charge in [0.05, 0.1) is 12.1 Å². The highest BCUT2D eigenvalue weighted by Crippen LogP contribution is 2.13. The lowest BCUT2D eigenvalue weighted by Crippen LogP contribution is -2.02. The second-order valence-corrected chi connectivity index (χ2v) is 1.96. The average Bonchev–Trinajstić information content (AvgIpc) is 2.17.